The van der Waals surface area contributed by atoms with Gasteiger partial charge in [-0.05, 0) is 31.0 Å². The topological polar surface area (TPSA) is 105 Å². The van der Waals surface area contributed by atoms with Gasteiger partial charge in [-0.25, -0.2) is 8.42 Å². The fraction of sp³-hybridized carbons (Fsp3) is 0.0769. The van der Waals surface area contributed by atoms with E-state index in [1.165, 1.54) is 6.07 Å². The molecular formula is C13H13N3O3S. The molecule has 2 aromatic rings. The van der Waals surface area contributed by atoms with Crippen LogP contribution in [0.15, 0.2) is 33.1 Å². The standard InChI is InChI=1S/C13H13N3O3S/c1-15-8-5-4-7-6-9(20(3,18)19)12(16-2)13(17)10(7)11(8)14/h4-6,17H,1-2,14H2,3H3. The normalized spacial score (nSPS) is 11.4. The van der Waals surface area contributed by atoms with Crippen molar-refractivity contribution >= 4 is 51.1 Å². The van der Waals surface area contributed by atoms with E-state index in [0.717, 1.165) is 6.26 Å². The number of sulfone groups is 1. The van der Waals surface area contributed by atoms with Crippen LogP contribution in [0.5, 0.6) is 5.75 Å². The van der Waals surface area contributed by atoms with E-state index in [-0.39, 0.29) is 27.4 Å². The Bertz CT molecular complexity index is 842. The molecule has 0 saturated heterocycles. The number of nitrogens with two attached hydrogens (primary N) is 1. The summed E-state index contributed by atoms with van der Waals surface area (Å²) < 4.78 is 23.5. The van der Waals surface area contributed by atoms with Crippen molar-refractivity contribution in [2.45, 2.75) is 4.90 Å². The number of nitrogen functional groups attached to an aromatic ring is 1. The highest BCUT2D eigenvalue weighted by Crippen LogP contribution is 2.44. The van der Waals surface area contributed by atoms with Crippen LogP contribution in [0.1, 0.15) is 0 Å². The largest absolute Gasteiger partial charge is 0.505 e. The van der Waals surface area contributed by atoms with Gasteiger partial charge in [0.15, 0.2) is 15.6 Å². The van der Waals surface area contributed by atoms with Gasteiger partial charge in [-0.1, -0.05) is 6.07 Å². The Hall–Kier alpha value is -2.41. The third kappa shape index (κ3) is 2.01. The van der Waals surface area contributed by atoms with Gasteiger partial charge in [0.2, 0.25) is 0 Å². The molecule has 0 aliphatic rings. The molecule has 20 heavy (non-hydrogen) atoms. The Morgan fingerprint density at radius 2 is 1.90 bits per heavy atom. The van der Waals surface area contributed by atoms with E-state index < -0.39 is 9.84 Å². The van der Waals surface area contributed by atoms with Crippen molar-refractivity contribution in [3.05, 3.63) is 18.2 Å². The zero-order valence-corrected chi connectivity index (χ0v) is 11.6. The third-order valence-electron chi connectivity index (χ3n) is 2.96. The van der Waals surface area contributed by atoms with Crippen molar-refractivity contribution in [2.75, 3.05) is 12.0 Å². The van der Waals surface area contributed by atoms with E-state index in [1.54, 1.807) is 12.1 Å². The molecule has 0 heterocycles. The molecule has 3 N–H and O–H groups in total. The maximum atomic E-state index is 11.8. The van der Waals surface area contributed by atoms with Crippen LogP contribution in [0, 0.1) is 0 Å². The maximum absolute atomic E-state index is 11.8. The first kappa shape index (κ1) is 14.0. The van der Waals surface area contributed by atoms with Gasteiger partial charge >= 0.3 is 0 Å². The predicted molar refractivity (Wildman–Crippen MR) is 81.6 cm³/mol. The second-order valence-corrected chi connectivity index (χ2v) is 6.24. The number of phenols is 1. The van der Waals surface area contributed by atoms with E-state index in [4.69, 9.17) is 5.73 Å². The third-order valence-corrected chi connectivity index (χ3v) is 4.07. The van der Waals surface area contributed by atoms with Crippen LogP contribution in [-0.4, -0.2) is 33.2 Å². The Morgan fingerprint density at radius 3 is 2.40 bits per heavy atom. The molecule has 2 rings (SSSR count). The molecule has 104 valence electrons. The maximum Gasteiger partial charge on any atom is 0.177 e. The van der Waals surface area contributed by atoms with Crippen LogP contribution in [0.25, 0.3) is 10.8 Å². The van der Waals surface area contributed by atoms with Crippen LogP contribution >= 0.6 is 0 Å². The number of aliphatic imine (C=N–C) groups is 2. The SMILES string of the molecule is C=Nc1ccc2cc(S(C)(=O)=O)c(N=C)c(O)c2c1N. The van der Waals surface area contributed by atoms with Gasteiger partial charge in [0, 0.05) is 6.26 Å². The summed E-state index contributed by atoms with van der Waals surface area (Å²) >= 11 is 0. The Labute approximate surface area is 116 Å². The minimum absolute atomic E-state index is 0.101. The molecule has 7 heteroatoms. The molecule has 0 saturated carbocycles. The lowest BCUT2D eigenvalue weighted by atomic mass is 10.1. The lowest BCUT2D eigenvalue weighted by molar-refractivity contribution is 0.481. The van der Waals surface area contributed by atoms with Gasteiger partial charge in [0.1, 0.15) is 5.69 Å². The highest BCUT2D eigenvalue weighted by molar-refractivity contribution is 7.90. The number of nitrogens with zero attached hydrogens (tertiary/aromatic N) is 2. The Morgan fingerprint density at radius 1 is 1.25 bits per heavy atom. The molecule has 0 aromatic heterocycles. The molecule has 0 amide bonds. The molecule has 6 nitrogen and oxygen atoms in total. The van der Waals surface area contributed by atoms with Gasteiger partial charge in [-0.3, -0.25) is 9.98 Å². The number of hydrogen-bond acceptors (Lipinski definition) is 6. The molecule has 2 aromatic carbocycles. The number of fused-ring (bicyclic) bond motifs is 1. The van der Waals surface area contributed by atoms with Crippen molar-refractivity contribution in [1.29, 1.82) is 0 Å². The minimum Gasteiger partial charge on any atom is -0.505 e. The monoisotopic (exact) mass is 291 g/mol. The smallest absolute Gasteiger partial charge is 0.177 e. The van der Waals surface area contributed by atoms with E-state index in [1.807, 2.05) is 0 Å². The number of aromatic hydroxyl groups is 1. The molecule has 0 unspecified atom stereocenters. The Kier molecular flexibility index (Phi) is 3.23. The quantitative estimate of drug-likeness (QED) is 0.668. The molecular weight excluding hydrogens is 278 g/mol. The summed E-state index contributed by atoms with van der Waals surface area (Å²) in [4.78, 5) is 7.24. The number of phenolic OH excluding ortho intramolecular Hbond substituents is 1. The number of hydrogen-bond donors (Lipinski definition) is 2. The van der Waals surface area contributed by atoms with Crippen molar-refractivity contribution in [3.8, 4) is 5.75 Å². The average Bonchev–Trinajstić information content (AvgIpc) is 2.37. The molecule has 0 radical (unpaired) electrons. The van der Waals surface area contributed by atoms with Crippen LogP contribution in [0.2, 0.25) is 0 Å². The van der Waals surface area contributed by atoms with Gasteiger partial charge in [0.25, 0.3) is 0 Å². The average molecular weight is 291 g/mol. The van der Waals surface area contributed by atoms with Crippen molar-refractivity contribution < 1.29 is 13.5 Å². The molecule has 0 bridgehead atoms. The summed E-state index contributed by atoms with van der Waals surface area (Å²) in [6.07, 6.45) is 1.03. The second-order valence-electron chi connectivity index (χ2n) is 4.26. The van der Waals surface area contributed by atoms with Crippen LogP contribution in [0.4, 0.5) is 17.1 Å². The fourth-order valence-electron chi connectivity index (χ4n) is 2.03. The summed E-state index contributed by atoms with van der Waals surface area (Å²) in [5, 5.41) is 11.0. The molecule has 0 aliphatic carbocycles. The van der Waals surface area contributed by atoms with Gasteiger partial charge in [-0.15, -0.1) is 0 Å². The summed E-state index contributed by atoms with van der Waals surface area (Å²) in [5.41, 5.74) is 6.40. The van der Waals surface area contributed by atoms with Gasteiger partial charge in [0.05, 0.1) is 21.7 Å². The van der Waals surface area contributed by atoms with E-state index in [0.29, 0.717) is 11.1 Å². The first-order valence-corrected chi connectivity index (χ1v) is 7.42. The van der Waals surface area contributed by atoms with Gasteiger partial charge in [-0.2, -0.15) is 0 Å². The zero-order valence-electron chi connectivity index (χ0n) is 10.8. The minimum atomic E-state index is -3.56. The fourth-order valence-corrected chi connectivity index (χ4v) is 2.88. The van der Waals surface area contributed by atoms with E-state index in [9.17, 15) is 13.5 Å². The summed E-state index contributed by atoms with van der Waals surface area (Å²) in [6.45, 7) is 6.68. The van der Waals surface area contributed by atoms with Crippen molar-refractivity contribution in [1.82, 2.24) is 0 Å². The lowest BCUT2D eigenvalue weighted by Crippen LogP contribution is -1.99. The molecule has 0 aliphatic heterocycles. The van der Waals surface area contributed by atoms with Crippen LogP contribution < -0.4 is 5.73 Å². The highest BCUT2D eigenvalue weighted by atomic mass is 32.2. The van der Waals surface area contributed by atoms with E-state index >= 15 is 0 Å². The van der Waals surface area contributed by atoms with Crippen molar-refractivity contribution in [2.24, 2.45) is 9.98 Å². The number of rotatable bonds is 3. The molecule has 0 spiro atoms. The molecule has 0 fully saturated rings. The highest BCUT2D eigenvalue weighted by Gasteiger charge is 2.21. The lowest BCUT2D eigenvalue weighted by Gasteiger charge is -2.12. The van der Waals surface area contributed by atoms with Crippen molar-refractivity contribution in [3.63, 3.8) is 0 Å². The summed E-state index contributed by atoms with van der Waals surface area (Å²) in [5.74, 6) is -0.332. The van der Waals surface area contributed by atoms with Gasteiger partial charge < -0.3 is 10.8 Å². The summed E-state index contributed by atoms with van der Waals surface area (Å²) in [7, 11) is -3.56. The van der Waals surface area contributed by atoms with Crippen LogP contribution in [0.3, 0.4) is 0 Å². The number of anilines is 1. The zero-order chi connectivity index (χ0) is 15.1. The van der Waals surface area contributed by atoms with E-state index in [2.05, 4.69) is 23.4 Å². The first-order valence-electron chi connectivity index (χ1n) is 5.53. The predicted octanol–water partition coefficient (Wildman–Crippen LogP) is 2.20. The first-order chi connectivity index (χ1) is 9.31. The number of benzene rings is 2. The second kappa shape index (κ2) is 4.61. The van der Waals surface area contributed by atoms with Crippen LogP contribution in [-0.2, 0) is 9.84 Å². The summed E-state index contributed by atoms with van der Waals surface area (Å²) in [6, 6.07) is 4.60. The molecule has 0 atom stereocenters. The Balaban J connectivity index is 3.06.